The Bertz CT molecular complexity index is 347. The molecule has 0 spiro atoms. The Morgan fingerprint density at radius 1 is 1.41 bits per heavy atom. The SMILES string of the molecule is CCCn1nncc1/C=C/CCNC(C)(C)C. The van der Waals surface area contributed by atoms with Crippen LogP contribution in [0.3, 0.4) is 0 Å². The monoisotopic (exact) mass is 236 g/mol. The molecule has 0 amide bonds. The molecule has 0 bridgehead atoms. The number of aryl methyl sites for hydroxylation is 1. The molecule has 1 rings (SSSR count). The Balaban J connectivity index is 2.35. The van der Waals surface area contributed by atoms with Crippen molar-refractivity contribution >= 4 is 6.08 Å². The number of rotatable bonds is 6. The zero-order chi connectivity index (χ0) is 12.7. The van der Waals surface area contributed by atoms with Crippen LogP contribution in [-0.2, 0) is 6.54 Å². The molecule has 96 valence electrons. The minimum absolute atomic E-state index is 0.194. The van der Waals surface area contributed by atoms with Gasteiger partial charge in [-0.25, -0.2) is 4.68 Å². The minimum atomic E-state index is 0.194. The first-order valence-corrected chi connectivity index (χ1v) is 6.33. The van der Waals surface area contributed by atoms with E-state index in [-0.39, 0.29) is 5.54 Å². The highest BCUT2D eigenvalue weighted by Crippen LogP contribution is 2.02. The van der Waals surface area contributed by atoms with Crippen molar-refractivity contribution in [1.82, 2.24) is 20.3 Å². The lowest BCUT2D eigenvalue weighted by atomic mass is 10.1. The van der Waals surface area contributed by atoms with Crippen molar-refractivity contribution in [2.24, 2.45) is 0 Å². The van der Waals surface area contributed by atoms with Crippen molar-refractivity contribution in [3.8, 4) is 0 Å². The summed E-state index contributed by atoms with van der Waals surface area (Å²) in [5.41, 5.74) is 1.28. The van der Waals surface area contributed by atoms with E-state index in [2.05, 4.69) is 55.5 Å². The minimum Gasteiger partial charge on any atom is -0.312 e. The lowest BCUT2D eigenvalue weighted by Crippen LogP contribution is -2.36. The molecular formula is C13H24N4. The molecule has 0 radical (unpaired) electrons. The van der Waals surface area contributed by atoms with Crippen molar-refractivity contribution in [3.05, 3.63) is 18.0 Å². The highest BCUT2D eigenvalue weighted by atomic mass is 15.4. The van der Waals surface area contributed by atoms with Gasteiger partial charge in [0.2, 0.25) is 0 Å². The summed E-state index contributed by atoms with van der Waals surface area (Å²) in [5.74, 6) is 0. The number of hydrogen-bond acceptors (Lipinski definition) is 3. The van der Waals surface area contributed by atoms with Crippen molar-refractivity contribution in [2.45, 2.75) is 52.6 Å². The van der Waals surface area contributed by atoms with Crippen LogP contribution in [0.5, 0.6) is 0 Å². The van der Waals surface area contributed by atoms with Crippen LogP contribution < -0.4 is 5.32 Å². The van der Waals surface area contributed by atoms with Gasteiger partial charge in [0, 0.05) is 12.1 Å². The topological polar surface area (TPSA) is 42.7 Å². The molecule has 4 heteroatoms. The molecule has 1 N–H and O–H groups in total. The van der Waals surface area contributed by atoms with E-state index >= 15 is 0 Å². The first kappa shape index (κ1) is 13.9. The molecule has 0 aliphatic carbocycles. The molecule has 0 fully saturated rings. The Hall–Kier alpha value is -1.16. The van der Waals surface area contributed by atoms with Gasteiger partial charge in [-0.15, -0.1) is 5.10 Å². The van der Waals surface area contributed by atoms with Crippen LogP contribution in [0.25, 0.3) is 6.08 Å². The Kier molecular flexibility index (Phi) is 5.35. The molecular weight excluding hydrogens is 212 g/mol. The Morgan fingerprint density at radius 2 is 2.18 bits per heavy atom. The summed E-state index contributed by atoms with van der Waals surface area (Å²) in [6.07, 6.45) is 8.18. The number of hydrogen-bond donors (Lipinski definition) is 1. The normalized spacial score (nSPS) is 12.5. The average molecular weight is 236 g/mol. The van der Waals surface area contributed by atoms with Crippen molar-refractivity contribution in [3.63, 3.8) is 0 Å². The van der Waals surface area contributed by atoms with Crippen LogP contribution in [0, 0.1) is 0 Å². The fourth-order valence-corrected chi connectivity index (χ4v) is 1.51. The quantitative estimate of drug-likeness (QED) is 0.772. The third-order valence-electron chi connectivity index (χ3n) is 2.34. The van der Waals surface area contributed by atoms with E-state index in [1.54, 1.807) is 0 Å². The highest BCUT2D eigenvalue weighted by molar-refractivity contribution is 5.42. The van der Waals surface area contributed by atoms with Gasteiger partial charge in [0.15, 0.2) is 0 Å². The van der Waals surface area contributed by atoms with E-state index in [1.807, 2.05) is 10.9 Å². The summed E-state index contributed by atoms with van der Waals surface area (Å²) in [6, 6.07) is 0. The maximum Gasteiger partial charge on any atom is 0.0810 e. The number of nitrogens with one attached hydrogen (secondary N) is 1. The van der Waals surface area contributed by atoms with E-state index in [9.17, 15) is 0 Å². The smallest absolute Gasteiger partial charge is 0.0810 e. The third-order valence-corrected chi connectivity index (χ3v) is 2.34. The van der Waals surface area contributed by atoms with Gasteiger partial charge < -0.3 is 5.32 Å². The molecule has 0 aliphatic heterocycles. The zero-order valence-electron chi connectivity index (χ0n) is 11.4. The molecule has 0 saturated carbocycles. The number of aromatic nitrogens is 3. The molecule has 1 heterocycles. The first-order valence-electron chi connectivity index (χ1n) is 6.33. The fourth-order valence-electron chi connectivity index (χ4n) is 1.51. The summed E-state index contributed by atoms with van der Waals surface area (Å²) >= 11 is 0. The summed E-state index contributed by atoms with van der Waals surface area (Å²) in [7, 11) is 0. The molecule has 0 aromatic carbocycles. The number of nitrogens with zero attached hydrogens (tertiary/aromatic N) is 3. The van der Waals surface area contributed by atoms with Crippen LogP contribution in [0.1, 0.15) is 46.2 Å². The van der Waals surface area contributed by atoms with E-state index in [4.69, 9.17) is 0 Å². The van der Waals surface area contributed by atoms with Crippen molar-refractivity contribution in [1.29, 1.82) is 0 Å². The largest absolute Gasteiger partial charge is 0.312 e. The summed E-state index contributed by atoms with van der Waals surface area (Å²) in [6.45, 7) is 10.6. The Labute approximate surface area is 104 Å². The fraction of sp³-hybridized carbons (Fsp3) is 0.692. The highest BCUT2D eigenvalue weighted by Gasteiger charge is 2.06. The van der Waals surface area contributed by atoms with E-state index in [0.717, 1.165) is 31.6 Å². The lowest BCUT2D eigenvalue weighted by molar-refractivity contribution is 0.431. The molecule has 4 nitrogen and oxygen atoms in total. The first-order chi connectivity index (χ1) is 8.03. The van der Waals surface area contributed by atoms with Gasteiger partial charge in [-0.05, 0) is 46.2 Å². The summed E-state index contributed by atoms with van der Waals surface area (Å²) in [4.78, 5) is 0. The van der Waals surface area contributed by atoms with Crippen LogP contribution in [0.4, 0.5) is 0 Å². The molecule has 0 unspecified atom stereocenters. The maximum absolute atomic E-state index is 4.04. The van der Waals surface area contributed by atoms with Gasteiger partial charge in [0.1, 0.15) is 0 Å². The maximum atomic E-state index is 4.04. The van der Waals surface area contributed by atoms with E-state index in [0.29, 0.717) is 0 Å². The van der Waals surface area contributed by atoms with Gasteiger partial charge in [-0.3, -0.25) is 0 Å². The predicted octanol–water partition coefficient (Wildman–Crippen LogP) is 2.48. The van der Waals surface area contributed by atoms with Gasteiger partial charge in [-0.1, -0.05) is 18.2 Å². The van der Waals surface area contributed by atoms with Crippen molar-refractivity contribution < 1.29 is 0 Å². The predicted molar refractivity (Wildman–Crippen MR) is 71.7 cm³/mol. The van der Waals surface area contributed by atoms with Gasteiger partial charge in [0.25, 0.3) is 0 Å². The molecule has 1 aromatic heterocycles. The van der Waals surface area contributed by atoms with Crippen LogP contribution in [-0.4, -0.2) is 27.1 Å². The second kappa shape index (κ2) is 6.55. The van der Waals surface area contributed by atoms with Gasteiger partial charge >= 0.3 is 0 Å². The zero-order valence-corrected chi connectivity index (χ0v) is 11.4. The van der Waals surface area contributed by atoms with Crippen LogP contribution in [0.15, 0.2) is 12.3 Å². The van der Waals surface area contributed by atoms with Crippen molar-refractivity contribution in [2.75, 3.05) is 6.54 Å². The van der Waals surface area contributed by atoms with Gasteiger partial charge in [-0.2, -0.15) is 0 Å². The molecule has 0 atom stereocenters. The summed E-state index contributed by atoms with van der Waals surface area (Å²) < 4.78 is 1.94. The van der Waals surface area contributed by atoms with Gasteiger partial charge in [0.05, 0.1) is 11.9 Å². The molecule has 17 heavy (non-hydrogen) atoms. The van der Waals surface area contributed by atoms with E-state index < -0.39 is 0 Å². The average Bonchev–Trinajstić information content (AvgIpc) is 2.64. The molecule has 0 saturated heterocycles. The molecule has 1 aromatic rings. The standard InChI is InChI=1S/C13H24N4/c1-5-10-17-12(11-15-16-17)8-6-7-9-14-13(2,3)4/h6,8,11,14H,5,7,9-10H2,1-4H3/b8-6+. The van der Waals surface area contributed by atoms with Crippen LogP contribution in [0.2, 0.25) is 0 Å². The van der Waals surface area contributed by atoms with Crippen LogP contribution >= 0.6 is 0 Å². The summed E-state index contributed by atoms with van der Waals surface area (Å²) in [5, 5.41) is 11.4. The second-order valence-electron chi connectivity index (χ2n) is 5.25. The Morgan fingerprint density at radius 3 is 2.82 bits per heavy atom. The second-order valence-corrected chi connectivity index (χ2v) is 5.25. The van der Waals surface area contributed by atoms with E-state index in [1.165, 1.54) is 0 Å². The molecule has 0 aliphatic rings. The third kappa shape index (κ3) is 5.63. The lowest BCUT2D eigenvalue weighted by Gasteiger charge is -2.19.